The summed E-state index contributed by atoms with van der Waals surface area (Å²) in [5.41, 5.74) is 11.4. The van der Waals surface area contributed by atoms with Gasteiger partial charge >= 0.3 is 0 Å². The lowest BCUT2D eigenvalue weighted by Gasteiger charge is -2.24. The molecule has 0 aromatic carbocycles. The first kappa shape index (κ1) is 100.0. The zero-order valence-corrected chi connectivity index (χ0v) is 64.9. The molecule has 23 heteroatoms. The number of hydrogen-bond donors (Lipinski definition) is 18. The van der Waals surface area contributed by atoms with E-state index in [-0.39, 0.29) is 24.1 Å². The van der Waals surface area contributed by atoms with Gasteiger partial charge in [0.15, 0.2) is 18.0 Å². The highest BCUT2D eigenvalue weighted by molar-refractivity contribution is 5.90. The zero-order chi connectivity index (χ0) is 75.9. The van der Waals surface area contributed by atoms with Gasteiger partial charge < -0.3 is 94.4 Å². The summed E-state index contributed by atoms with van der Waals surface area (Å²) in [6, 6.07) is -0.712. The van der Waals surface area contributed by atoms with Gasteiger partial charge in [0.2, 0.25) is 11.8 Å². The Balaban J connectivity index is 4.41. The van der Waals surface area contributed by atoms with E-state index >= 15 is 0 Å². The molecule has 4 amide bonds. The quantitative estimate of drug-likeness (QED) is 0.0252. The first-order valence-electron chi connectivity index (χ1n) is 42.2. The van der Waals surface area contributed by atoms with Crippen LogP contribution in [-0.4, -0.2) is 207 Å². The maximum absolute atomic E-state index is 13.7. The number of aliphatic hydroxyl groups excluding tert-OH is 10. The third-order valence-corrected chi connectivity index (χ3v) is 20.3. The van der Waals surface area contributed by atoms with E-state index in [1.54, 1.807) is 0 Å². The Labute approximate surface area is 624 Å². The molecule has 0 spiro atoms. The number of amides is 4. The van der Waals surface area contributed by atoms with Crippen molar-refractivity contribution >= 4 is 29.4 Å². The Hall–Kier alpha value is -3.01. The van der Waals surface area contributed by atoms with Gasteiger partial charge in [0.25, 0.3) is 11.8 Å². The molecule has 0 fully saturated rings. The van der Waals surface area contributed by atoms with E-state index in [1.165, 1.54) is 180 Å². The molecule has 103 heavy (non-hydrogen) atoms. The normalized spacial score (nSPS) is 14.4. The largest absolute Gasteiger partial charge is 0.394 e. The Morgan fingerprint density at radius 2 is 0.553 bits per heavy atom. The van der Waals surface area contributed by atoms with Gasteiger partial charge in [-0.25, -0.2) is 0 Å². The summed E-state index contributed by atoms with van der Waals surface area (Å²) in [6.45, 7) is 4.62. The van der Waals surface area contributed by atoms with Crippen LogP contribution in [0.2, 0.25) is 0 Å². The molecule has 0 aromatic rings. The zero-order valence-electron chi connectivity index (χ0n) is 64.9. The van der Waals surface area contributed by atoms with Gasteiger partial charge in [-0.15, -0.1) is 0 Å². The summed E-state index contributed by atoms with van der Waals surface area (Å²) in [5.74, 6) is -1.26. The topological polar surface area (TPSA) is 412 Å². The highest BCUT2D eigenvalue weighted by Gasteiger charge is 2.35. The first-order valence-corrected chi connectivity index (χ1v) is 42.2. The lowest BCUT2D eigenvalue weighted by atomic mass is 9.98. The molecule has 20 N–H and O–H groups in total. The molecule has 0 radical (unpaired) electrons. The molecule has 0 aliphatic rings. The van der Waals surface area contributed by atoms with Crippen LogP contribution in [0.25, 0.3) is 0 Å². The summed E-state index contributed by atoms with van der Waals surface area (Å²) >= 11 is 0. The molecule has 0 saturated heterocycles. The third-order valence-electron chi connectivity index (χ3n) is 20.3. The molecule has 0 heterocycles. The molecule has 610 valence electrons. The number of nitrogens with one attached hydrogen (secondary N) is 6. The molecule has 0 aliphatic carbocycles. The second-order valence-electron chi connectivity index (χ2n) is 29.9. The van der Waals surface area contributed by atoms with Gasteiger partial charge in [0.05, 0.1) is 13.2 Å². The van der Waals surface area contributed by atoms with Crippen molar-refractivity contribution in [3.05, 3.63) is 0 Å². The van der Waals surface area contributed by atoms with Gasteiger partial charge in [-0.2, -0.15) is 0 Å². The minimum Gasteiger partial charge on any atom is -0.394 e. The summed E-state index contributed by atoms with van der Waals surface area (Å²) < 4.78 is 0. The SMILES string of the molecule is NCCCCNCC(CCCCCCC(=O)C(CNC(=O)CCCCCCCCCCCCCCCCCCCCCCCNC(=O)[C@H](O)[C@@H](O)[C@H](O)[C@H](O)CO)NC(=O)CCCCCCCCCCCCCCCCCCCCCCCNC(=O)[C@H](O)[C@@H](O)[C@H](O)[C@H](O)CO)CNCCCCN. The Bertz CT molecular complexity index is 1910. The number of hydrogen-bond acceptors (Lipinski definition) is 19. The molecular formula is C80H160N8O15. The number of carbonyl (C=O) groups is 5. The van der Waals surface area contributed by atoms with Crippen molar-refractivity contribution in [2.45, 2.75) is 402 Å². The molecule has 9 atom stereocenters. The monoisotopic (exact) mass is 1470 g/mol. The number of Topliss-reactive ketones (excluding diaryl/α,β-unsaturated/α-hetero) is 1. The second-order valence-corrected chi connectivity index (χ2v) is 29.9. The molecule has 0 saturated carbocycles. The van der Waals surface area contributed by atoms with Crippen molar-refractivity contribution in [1.82, 2.24) is 31.9 Å². The van der Waals surface area contributed by atoms with E-state index in [2.05, 4.69) is 31.9 Å². The van der Waals surface area contributed by atoms with E-state index in [4.69, 9.17) is 21.7 Å². The average molecular weight is 1470 g/mol. The maximum Gasteiger partial charge on any atom is 0.251 e. The van der Waals surface area contributed by atoms with E-state index in [0.717, 1.165) is 187 Å². The molecule has 0 aromatic heterocycles. The van der Waals surface area contributed by atoms with E-state index in [0.29, 0.717) is 38.3 Å². The van der Waals surface area contributed by atoms with Crippen LogP contribution in [0.15, 0.2) is 0 Å². The van der Waals surface area contributed by atoms with Gasteiger partial charge in [0, 0.05) is 38.9 Å². The predicted molar refractivity (Wildman–Crippen MR) is 415 cm³/mol. The Kier molecular flexibility index (Phi) is 72.3. The number of unbranched alkanes of at least 4 members (excludes halogenated alkanes) is 45. The number of aliphatic hydroxyl groups is 10. The standard InChI is InChI=1S/C80H160N8O15/c81-55-45-49-57-83-61-66(62-84-58-50-46-56-82)51-41-37-38-42-52-68(91)67(88-72(95)54-44-36-32-28-24-20-16-12-8-4-2-6-10-14-18-22-26-30-34-40-48-60-86-80(103)78(101)76(99)74(97)70(93)65-90)63-87-71(94)53-43-35-31-27-23-19-15-11-7-3-1-5-9-13-17-21-25-29-33-39-47-59-85-79(102)77(100)75(98)73(96)69(92)64-89/h66-67,69-70,73-78,83-84,89-90,92-93,96-101H,1-65,81-82H2,(H,85,102)(H,86,103)(H,87,94)(H,88,95)/t67?,69-,70-,73-,74-,75+,76+,77-,78-/m1/s1. The number of nitrogens with two attached hydrogens (primary N) is 2. The van der Waals surface area contributed by atoms with Crippen LogP contribution in [0, 0.1) is 5.92 Å². The third kappa shape index (κ3) is 61.6. The summed E-state index contributed by atoms with van der Waals surface area (Å²) in [7, 11) is 0. The lowest BCUT2D eigenvalue weighted by molar-refractivity contribution is -0.149. The van der Waals surface area contributed by atoms with Crippen LogP contribution in [0.1, 0.15) is 347 Å². The van der Waals surface area contributed by atoms with Gasteiger partial charge in [-0.3, -0.25) is 24.0 Å². The fraction of sp³-hybridized carbons (Fsp3) is 0.938. The smallest absolute Gasteiger partial charge is 0.251 e. The van der Waals surface area contributed by atoms with Crippen LogP contribution < -0.4 is 43.4 Å². The highest BCUT2D eigenvalue weighted by atomic mass is 16.4. The molecular weight excluding hydrogens is 1310 g/mol. The molecule has 1 unspecified atom stereocenters. The highest BCUT2D eigenvalue weighted by Crippen LogP contribution is 2.20. The van der Waals surface area contributed by atoms with Crippen molar-refractivity contribution < 1.29 is 75.0 Å². The Morgan fingerprint density at radius 1 is 0.282 bits per heavy atom. The van der Waals surface area contributed by atoms with Crippen molar-refractivity contribution in [3.63, 3.8) is 0 Å². The summed E-state index contributed by atoms with van der Waals surface area (Å²) in [4.78, 5) is 64.2. The molecule has 0 bridgehead atoms. The van der Waals surface area contributed by atoms with Crippen molar-refractivity contribution in [2.75, 3.05) is 72.1 Å². The average Bonchev–Trinajstić information content (AvgIpc) is 0.916. The van der Waals surface area contributed by atoms with Gasteiger partial charge in [-0.05, 0) is 109 Å². The Morgan fingerprint density at radius 3 is 0.864 bits per heavy atom. The predicted octanol–water partition coefficient (Wildman–Crippen LogP) is 9.04. The van der Waals surface area contributed by atoms with Crippen LogP contribution in [-0.2, 0) is 24.0 Å². The van der Waals surface area contributed by atoms with Crippen LogP contribution in [0.5, 0.6) is 0 Å². The van der Waals surface area contributed by atoms with Gasteiger partial charge in [-0.1, -0.05) is 263 Å². The molecule has 0 rings (SSSR count). The second kappa shape index (κ2) is 74.5. The van der Waals surface area contributed by atoms with E-state index in [1.807, 2.05) is 0 Å². The van der Waals surface area contributed by atoms with Crippen LogP contribution in [0.3, 0.4) is 0 Å². The van der Waals surface area contributed by atoms with E-state index in [9.17, 15) is 64.8 Å². The number of carbonyl (C=O) groups excluding carboxylic acids is 5. The van der Waals surface area contributed by atoms with Crippen LogP contribution >= 0.6 is 0 Å². The fourth-order valence-corrected chi connectivity index (χ4v) is 13.3. The minimum absolute atomic E-state index is 0.000706. The first-order chi connectivity index (χ1) is 50.0. The van der Waals surface area contributed by atoms with Gasteiger partial charge in [0.1, 0.15) is 42.7 Å². The molecule has 0 aliphatic heterocycles. The van der Waals surface area contributed by atoms with E-state index < -0.39 is 79.9 Å². The van der Waals surface area contributed by atoms with Crippen molar-refractivity contribution in [1.29, 1.82) is 0 Å². The number of ketones is 1. The maximum atomic E-state index is 13.7. The van der Waals surface area contributed by atoms with Crippen molar-refractivity contribution in [2.24, 2.45) is 17.4 Å². The fourth-order valence-electron chi connectivity index (χ4n) is 13.3. The number of rotatable bonds is 81. The minimum atomic E-state index is -1.89. The summed E-state index contributed by atoms with van der Waals surface area (Å²) in [6.07, 6.45) is 45.1. The summed E-state index contributed by atoms with van der Waals surface area (Å²) in [5, 5.41) is 114. The lowest BCUT2D eigenvalue weighted by Crippen LogP contribution is -2.51. The molecule has 23 nitrogen and oxygen atoms in total. The van der Waals surface area contributed by atoms with Crippen molar-refractivity contribution in [3.8, 4) is 0 Å². The van der Waals surface area contributed by atoms with Crippen LogP contribution in [0.4, 0.5) is 0 Å².